The topological polar surface area (TPSA) is 95.6 Å². The van der Waals surface area contributed by atoms with Gasteiger partial charge >= 0.3 is 0 Å². The van der Waals surface area contributed by atoms with Gasteiger partial charge in [0.25, 0.3) is 11.8 Å². The van der Waals surface area contributed by atoms with E-state index in [1.54, 1.807) is 24.3 Å². The molecule has 2 amide bonds. The van der Waals surface area contributed by atoms with Crippen LogP contribution in [0.1, 0.15) is 22.5 Å². The minimum Gasteiger partial charge on any atom is -0.271 e. The maximum Gasteiger partial charge on any atom is 0.279 e. The van der Waals surface area contributed by atoms with Crippen molar-refractivity contribution in [3.8, 4) is 10.4 Å². The Bertz CT molecular complexity index is 1280. The lowest BCUT2D eigenvalue weighted by Crippen LogP contribution is -2.51. The van der Waals surface area contributed by atoms with Crippen molar-refractivity contribution >= 4 is 33.2 Å². The summed E-state index contributed by atoms with van der Waals surface area (Å²) in [7, 11) is -4.00. The number of hydrogen-bond acceptors (Lipinski definition) is 5. The predicted octanol–water partition coefficient (Wildman–Crippen LogP) is 3.31. The molecule has 1 unspecified atom stereocenters. The molecule has 2 heterocycles. The molecular weight excluding hydrogens is 472 g/mol. The summed E-state index contributed by atoms with van der Waals surface area (Å²) in [5.41, 5.74) is 5.35. The number of carbonyl (C=O) groups is 2. The summed E-state index contributed by atoms with van der Waals surface area (Å²) in [6.45, 7) is 0.137. The van der Waals surface area contributed by atoms with Crippen molar-refractivity contribution in [1.82, 2.24) is 15.2 Å². The van der Waals surface area contributed by atoms with Gasteiger partial charge in [-0.15, -0.1) is 11.3 Å². The number of benzene rings is 2. The van der Waals surface area contributed by atoms with Gasteiger partial charge in [-0.2, -0.15) is 4.31 Å². The molecule has 1 aliphatic rings. The SMILES string of the molecule is O=C(NNC(=O)C1CCCN1S(=O)(=O)c1ccc(F)cc1)c1ccc(-c2ccc(F)cc2)s1. The molecule has 4 rings (SSSR count). The van der Waals surface area contributed by atoms with Crippen LogP contribution in [0.2, 0.25) is 0 Å². The molecule has 1 saturated heterocycles. The maximum absolute atomic E-state index is 13.2. The van der Waals surface area contributed by atoms with Crippen molar-refractivity contribution in [2.24, 2.45) is 0 Å². The number of hydrogen-bond donors (Lipinski definition) is 2. The molecule has 11 heteroatoms. The molecule has 172 valence electrons. The highest BCUT2D eigenvalue weighted by molar-refractivity contribution is 7.89. The van der Waals surface area contributed by atoms with Gasteiger partial charge in [-0.1, -0.05) is 12.1 Å². The average Bonchev–Trinajstić information content (AvgIpc) is 3.49. The van der Waals surface area contributed by atoms with E-state index in [2.05, 4.69) is 10.9 Å². The first-order valence-electron chi connectivity index (χ1n) is 9.99. The van der Waals surface area contributed by atoms with Gasteiger partial charge < -0.3 is 0 Å². The van der Waals surface area contributed by atoms with Crippen molar-refractivity contribution in [3.05, 3.63) is 77.2 Å². The predicted molar refractivity (Wildman–Crippen MR) is 119 cm³/mol. The Morgan fingerprint density at radius 1 is 0.909 bits per heavy atom. The Hall–Kier alpha value is -3.15. The molecule has 0 spiro atoms. The first-order valence-corrected chi connectivity index (χ1v) is 12.2. The molecule has 0 aliphatic carbocycles. The Labute approximate surface area is 193 Å². The summed E-state index contributed by atoms with van der Waals surface area (Å²) >= 11 is 1.16. The second-order valence-electron chi connectivity index (χ2n) is 7.34. The fraction of sp³-hybridized carbons (Fsp3) is 0.182. The fourth-order valence-corrected chi connectivity index (χ4v) is 6.09. The molecule has 2 N–H and O–H groups in total. The zero-order valence-corrected chi connectivity index (χ0v) is 18.8. The van der Waals surface area contributed by atoms with Crippen LogP contribution in [0, 0.1) is 11.6 Å². The van der Waals surface area contributed by atoms with Gasteiger partial charge in [0.15, 0.2) is 0 Å². The van der Waals surface area contributed by atoms with Gasteiger partial charge in [0.1, 0.15) is 17.7 Å². The van der Waals surface area contributed by atoms with Crippen LogP contribution in [0.4, 0.5) is 8.78 Å². The molecule has 7 nitrogen and oxygen atoms in total. The minimum atomic E-state index is -4.00. The van der Waals surface area contributed by atoms with E-state index in [4.69, 9.17) is 0 Å². The van der Waals surface area contributed by atoms with Gasteiger partial charge in [-0.3, -0.25) is 20.4 Å². The number of amides is 2. The van der Waals surface area contributed by atoms with Crippen LogP contribution in [0.5, 0.6) is 0 Å². The Morgan fingerprint density at radius 2 is 1.55 bits per heavy atom. The lowest BCUT2D eigenvalue weighted by Gasteiger charge is -2.23. The van der Waals surface area contributed by atoms with E-state index in [1.807, 2.05) is 0 Å². The van der Waals surface area contributed by atoms with E-state index in [0.717, 1.165) is 50.3 Å². The average molecular weight is 492 g/mol. The number of sulfonamides is 1. The van der Waals surface area contributed by atoms with E-state index in [9.17, 15) is 26.8 Å². The van der Waals surface area contributed by atoms with Gasteiger partial charge in [0.05, 0.1) is 9.77 Å². The third-order valence-electron chi connectivity index (χ3n) is 5.18. The number of nitrogens with zero attached hydrogens (tertiary/aromatic N) is 1. The second-order valence-corrected chi connectivity index (χ2v) is 10.3. The fourth-order valence-electron chi connectivity index (χ4n) is 3.52. The Balaban J connectivity index is 1.40. The maximum atomic E-state index is 13.2. The number of hydrazine groups is 1. The highest BCUT2D eigenvalue weighted by Gasteiger charge is 2.39. The molecule has 1 fully saturated rings. The van der Waals surface area contributed by atoms with Crippen molar-refractivity contribution in [3.63, 3.8) is 0 Å². The smallest absolute Gasteiger partial charge is 0.271 e. The zero-order valence-electron chi connectivity index (χ0n) is 17.1. The molecule has 1 atom stereocenters. The molecule has 1 aromatic heterocycles. The molecular formula is C22H19F2N3O4S2. The number of carbonyl (C=O) groups excluding carboxylic acids is 2. The van der Waals surface area contributed by atoms with Crippen molar-refractivity contribution in [1.29, 1.82) is 0 Å². The third-order valence-corrected chi connectivity index (χ3v) is 8.24. The monoisotopic (exact) mass is 491 g/mol. The van der Waals surface area contributed by atoms with E-state index in [-0.39, 0.29) is 23.7 Å². The van der Waals surface area contributed by atoms with E-state index in [0.29, 0.717) is 11.3 Å². The summed E-state index contributed by atoms with van der Waals surface area (Å²) in [5.74, 6) is -2.16. The molecule has 0 bridgehead atoms. The summed E-state index contributed by atoms with van der Waals surface area (Å²) in [5, 5.41) is 0. The van der Waals surface area contributed by atoms with Crippen LogP contribution in [0.15, 0.2) is 65.6 Å². The van der Waals surface area contributed by atoms with E-state index >= 15 is 0 Å². The van der Waals surface area contributed by atoms with Crippen molar-refractivity contribution in [2.45, 2.75) is 23.8 Å². The van der Waals surface area contributed by atoms with Crippen molar-refractivity contribution < 1.29 is 26.8 Å². The number of halogens is 2. The normalized spacial score (nSPS) is 16.5. The molecule has 0 radical (unpaired) electrons. The molecule has 33 heavy (non-hydrogen) atoms. The first-order chi connectivity index (χ1) is 15.8. The van der Waals surface area contributed by atoms with Gasteiger partial charge in [0.2, 0.25) is 10.0 Å². The van der Waals surface area contributed by atoms with Crippen LogP contribution >= 0.6 is 11.3 Å². The van der Waals surface area contributed by atoms with E-state index in [1.165, 1.54) is 12.1 Å². The summed E-state index contributed by atoms with van der Waals surface area (Å²) in [6.07, 6.45) is 0.758. The van der Waals surface area contributed by atoms with Crippen LogP contribution in [-0.4, -0.2) is 37.1 Å². The summed E-state index contributed by atoms with van der Waals surface area (Å²) < 4.78 is 53.1. The van der Waals surface area contributed by atoms with Gasteiger partial charge in [0, 0.05) is 11.4 Å². The minimum absolute atomic E-state index is 0.112. The van der Waals surface area contributed by atoms with Crippen LogP contribution in [-0.2, 0) is 14.8 Å². The first kappa shape index (κ1) is 23.0. The van der Waals surface area contributed by atoms with Crippen molar-refractivity contribution in [2.75, 3.05) is 6.54 Å². The quantitative estimate of drug-likeness (QED) is 0.536. The lowest BCUT2D eigenvalue weighted by atomic mass is 10.2. The summed E-state index contributed by atoms with van der Waals surface area (Å²) in [4.78, 5) is 26.1. The largest absolute Gasteiger partial charge is 0.279 e. The molecule has 1 aliphatic heterocycles. The highest BCUT2D eigenvalue weighted by Crippen LogP contribution is 2.28. The molecule has 0 saturated carbocycles. The number of nitrogens with one attached hydrogen (secondary N) is 2. The molecule has 3 aromatic rings. The van der Waals surface area contributed by atoms with Crippen LogP contribution in [0.25, 0.3) is 10.4 Å². The van der Waals surface area contributed by atoms with Crippen LogP contribution in [0.3, 0.4) is 0 Å². The standard InChI is InChI=1S/C22H19F2N3O4S2/c23-15-5-3-14(4-6-15)19-11-12-20(32-19)22(29)26-25-21(28)18-2-1-13-27(18)33(30,31)17-9-7-16(24)8-10-17/h3-12,18H,1-2,13H2,(H,25,28)(H,26,29). The number of thiophene rings is 1. The van der Waals surface area contributed by atoms with Crippen LogP contribution < -0.4 is 10.9 Å². The highest BCUT2D eigenvalue weighted by atomic mass is 32.2. The number of rotatable bonds is 5. The lowest BCUT2D eigenvalue weighted by molar-refractivity contribution is -0.125. The Kier molecular flexibility index (Phi) is 6.54. The summed E-state index contributed by atoms with van der Waals surface area (Å²) in [6, 6.07) is 12.5. The second kappa shape index (κ2) is 9.38. The molecule has 2 aromatic carbocycles. The Morgan fingerprint density at radius 3 is 2.21 bits per heavy atom. The van der Waals surface area contributed by atoms with Gasteiger partial charge in [-0.05, 0) is 66.9 Å². The zero-order chi connectivity index (χ0) is 23.6. The van der Waals surface area contributed by atoms with Gasteiger partial charge in [-0.25, -0.2) is 17.2 Å². The third kappa shape index (κ3) is 4.95. The van der Waals surface area contributed by atoms with E-state index < -0.39 is 33.7 Å².